The van der Waals surface area contributed by atoms with E-state index in [1.54, 1.807) is 6.92 Å². The standard InChI is InChI=1S/C12H28N2O2S/c1-6-12(3,14(4)5)11(13)9-8-10-17(15,16)7-2/h11H,6-10,13H2,1-5H3. The second-order valence-corrected chi connectivity index (χ2v) is 7.56. The molecule has 104 valence electrons. The number of nitrogens with two attached hydrogens (primary N) is 1. The van der Waals surface area contributed by atoms with E-state index in [1.165, 1.54) is 0 Å². The second-order valence-electron chi connectivity index (χ2n) is 5.09. The Bertz CT molecular complexity index is 314. The Hall–Kier alpha value is -0.130. The highest BCUT2D eigenvalue weighted by Gasteiger charge is 2.31. The van der Waals surface area contributed by atoms with Crippen molar-refractivity contribution < 1.29 is 8.42 Å². The van der Waals surface area contributed by atoms with Crippen LogP contribution in [0, 0.1) is 0 Å². The van der Waals surface area contributed by atoms with Crippen LogP contribution in [-0.2, 0) is 9.84 Å². The zero-order chi connectivity index (χ0) is 13.7. The van der Waals surface area contributed by atoms with Gasteiger partial charge in [0.2, 0.25) is 0 Å². The first-order chi connectivity index (χ1) is 7.69. The molecular formula is C12H28N2O2S. The topological polar surface area (TPSA) is 63.4 Å². The molecule has 0 aromatic rings. The molecule has 2 atom stereocenters. The van der Waals surface area contributed by atoms with Gasteiger partial charge in [0.05, 0.1) is 5.75 Å². The molecule has 0 aromatic heterocycles. The Morgan fingerprint density at radius 3 is 2.18 bits per heavy atom. The molecule has 0 aliphatic heterocycles. The monoisotopic (exact) mass is 264 g/mol. The lowest BCUT2D eigenvalue weighted by atomic mass is 9.86. The molecular weight excluding hydrogens is 236 g/mol. The quantitative estimate of drug-likeness (QED) is 0.717. The minimum atomic E-state index is -2.86. The summed E-state index contributed by atoms with van der Waals surface area (Å²) in [5.74, 6) is 0.478. The third kappa shape index (κ3) is 4.94. The largest absolute Gasteiger partial charge is 0.326 e. The number of hydrogen-bond donors (Lipinski definition) is 1. The predicted octanol–water partition coefficient (Wildman–Crippen LogP) is 1.26. The lowest BCUT2D eigenvalue weighted by molar-refractivity contribution is 0.127. The van der Waals surface area contributed by atoms with Crippen molar-refractivity contribution in [3.05, 3.63) is 0 Å². The van der Waals surface area contributed by atoms with Crippen molar-refractivity contribution in [2.24, 2.45) is 5.73 Å². The zero-order valence-corrected chi connectivity index (χ0v) is 12.7. The summed E-state index contributed by atoms with van der Waals surface area (Å²) < 4.78 is 22.8. The first-order valence-electron chi connectivity index (χ1n) is 6.33. The van der Waals surface area contributed by atoms with Crippen molar-refractivity contribution in [3.8, 4) is 0 Å². The summed E-state index contributed by atoms with van der Waals surface area (Å²) in [7, 11) is 1.18. The van der Waals surface area contributed by atoms with E-state index in [1.807, 2.05) is 14.1 Å². The Morgan fingerprint density at radius 2 is 1.82 bits per heavy atom. The van der Waals surface area contributed by atoms with E-state index >= 15 is 0 Å². The first kappa shape index (κ1) is 16.9. The van der Waals surface area contributed by atoms with Gasteiger partial charge in [-0.15, -0.1) is 0 Å². The molecule has 5 heteroatoms. The van der Waals surface area contributed by atoms with Crippen LogP contribution in [-0.4, -0.2) is 50.5 Å². The fraction of sp³-hybridized carbons (Fsp3) is 1.00. The molecule has 0 radical (unpaired) electrons. The van der Waals surface area contributed by atoms with Crippen LogP contribution in [0.25, 0.3) is 0 Å². The average molecular weight is 264 g/mol. The number of nitrogens with zero attached hydrogens (tertiary/aromatic N) is 1. The number of hydrogen-bond acceptors (Lipinski definition) is 4. The van der Waals surface area contributed by atoms with Gasteiger partial charge in [0.15, 0.2) is 0 Å². The predicted molar refractivity (Wildman–Crippen MR) is 73.9 cm³/mol. The van der Waals surface area contributed by atoms with Crippen LogP contribution in [0.1, 0.15) is 40.0 Å². The molecule has 0 saturated heterocycles. The maximum absolute atomic E-state index is 11.4. The summed E-state index contributed by atoms with van der Waals surface area (Å²) in [6, 6.07) is 0.00885. The van der Waals surface area contributed by atoms with Gasteiger partial charge in [-0.1, -0.05) is 13.8 Å². The Kier molecular flexibility index (Phi) is 6.66. The molecule has 0 aromatic carbocycles. The zero-order valence-electron chi connectivity index (χ0n) is 11.9. The van der Waals surface area contributed by atoms with Crippen LogP contribution < -0.4 is 5.73 Å². The van der Waals surface area contributed by atoms with Gasteiger partial charge in [-0.3, -0.25) is 0 Å². The van der Waals surface area contributed by atoms with Gasteiger partial charge in [-0.2, -0.15) is 0 Å². The molecule has 0 fully saturated rings. The van der Waals surface area contributed by atoms with Crippen molar-refractivity contribution in [2.75, 3.05) is 25.6 Å². The summed E-state index contributed by atoms with van der Waals surface area (Å²) in [5, 5.41) is 0. The number of sulfone groups is 1. The maximum Gasteiger partial charge on any atom is 0.150 e. The second kappa shape index (κ2) is 6.71. The highest BCUT2D eigenvalue weighted by atomic mass is 32.2. The average Bonchev–Trinajstić information content (AvgIpc) is 2.27. The SMILES string of the molecule is CCC(C)(C(N)CCCS(=O)(=O)CC)N(C)C. The summed E-state index contributed by atoms with van der Waals surface area (Å²) >= 11 is 0. The summed E-state index contributed by atoms with van der Waals surface area (Å²) in [6.07, 6.45) is 2.37. The van der Waals surface area contributed by atoms with Crippen LogP contribution in [0.4, 0.5) is 0 Å². The molecule has 2 unspecified atom stereocenters. The highest BCUT2D eigenvalue weighted by Crippen LogP contribution is 2.22. The molecule has 0 amide bonds. The lowest BCUT2D eigenvalue weighted by Gasteiger charge is -2.41. The van der Waals surface area contributed by atoms with Gasteiger partial charge in [0.1, 0.15) is 9.84 Å². The smallest absolute Gasteiger partial charge is 0.150 e. The molecule has 0 aliphatic rings. The van der Waals surface area contributed by atoms with Gasteiger partial charge in [-0.05, 0) is 40.3 Å². The molecule has 0 saturated carbocycles. The minimum absolute atomic E-state index is 0.00885. The molecule has 2 N–H and O–H groups in total. The molecule has 0 rings (SSSR count). The third-order valence-corrected chi connectivity index (χ3v) is 5.74. The van der Waals surface area contributed by atoms with Crippen LogP contribution >= 0.6 is 0 Å². The van der Waals surface area contributed by atoms with E-state index in [2.05, 4.69) is 18.7 Å². The van der Waals surface area contributed by atoms with Crippen LogP contribution in [0.15, 0.2) is 0 Å². The number of likely N-dealkylation sites (N-methyl/N-ethyl adjacent to an activating group) is 1. The van der Waals surface area contributed by atoms with Crippen LogP contribution in [0.3, 0.4) is 0 Å². The molecule has 0 heterocycles. The van der Waals surface area contributed by atoms with E-state index in [0.717, 1.165) is 12.8 Å². The molecule has 0 spiro atoms. The maximum atomic E-state index is 11.4. The normalized spacial score (nSPS) is 18.1. The fourth-order valence-corrected chi connectivity index (χ4v) is 2.78. The molecule has 17 heavy (non-hydrogen) atoms. The van der Waals surface area contributed by atoms with Crippen molar-refractivity contribution in [1.82, 2.24) is 4.90 Å². The van der Waals surface area contributed by atoms with E-state index < -0.39 is 9.84 Å². The lowest BCUT2D eigenvalue weighted by Crippen LogP contribution is -2.54. The van der Waals surface area contributed by atoms with Gasteiger partial charge in [0, 0.05) is 17.3 Å². The van der Waals surface area contributed by atoms with Crippen molar-refractivity contribution in [3.63, 3.8) is 0 Å². The Labute approximate surface area is 106 Å². The molecule has 0 bridgehead atoms. The van der Waals surface area contributed by atoms with Crippen molar-refractivity contribution in [2.45, 2.75) is 51.6 Å². The first-order valence-corrected chi connectivity index (χ1v) is 8.15. The van der Waals surface area contributed by atoms with E-state index in [9.17, 15) is 8.42 Å². The highest BCUT2D eigenvalue weighted by molar-refractivity contribution is 7.91. The van der Waals surface area contributed by atoms with Gasteiger partial charge in [0.25, 0.3) is 0 Å². The van der Waals surface area contributed by atoms with Crippen LogP contribution in [0.2, 0.25) is 0 Å². The van der Waals surface area contributed by atoms with E-state index in [0.29, 0.717) is 6.42 Å². The van der Waals surface area contributed by atoms with Crippen molar-refractivity contribution in [1.29, 1.82) is 0 Å². The van der Waals surface area contributed by atoms with E-state index in [4.69, 9.17) is 5.73 Å². The fourth-order valence-electron chi connectivity index (χ4n) is 1.89. The summed E-state index contributed by atoms with van der Waals surface area (Å²) in [4.78, 5) is 2.13. The van der Waals surface area contributed by atoms with Crippen LogP contribution in [0.5, 0.6) is 0 Å². The molecule has 4 nitrogen and oxygen atoms in total. The Morgan fingerprint density at radius 1 is 1.29 bits per heavy atom. The van der Waals surface area contributed by atoms with Crippen molar-refractivity contribution >= 4 is 9.84 Å². The summed E-state index contributed by atoms with van der Waals surface area (Å²) in [6.45, 7) is 5.93. The Balaban J connectivity index is 4.31. The van der Waals surface area contributed by atoms with Gasteiger partial charge >= 0.3 is 0 Å². The van der Waals surface area contributed by atoms with Gasteiger partial charge in [-0.25, -0.2) is 8.42 Å². The summed E-state index contributed by atoms with van der Waals surface area (Å²) in [5.41, 5.74) is 6.14. The molecule has 0 aliphatic carbocycles. The van der Waals surface area contributed by atoms with Gasteiger partial charge < -0.3 is 10.6 Å². The number of rotatable bonds is 8. The third-order valence-electron chi connectivity index (χ3n) is 3.95. The van der Waals surface area contributed by atoms with E-state index in [-0.39, 0.29) is 23.1 Å². The minimum Gasteiger partial charge on any atom is -0.326 e.